The second kappa shape index (κ2) is 11.5. The number of nitrogens with zero attached hydrogens (tertiary/aromatic N) is 5. The lowest BCUT2D eigenvalue weighted by Gasteiger charge is -2.16. The minimum atomic E-state index is -0.785. The maximum absolute atomic E-state index is 14.6. The Bertz CT molecular complexity index is 1820. The number of carbonyl (C=O) groups is 3. The Morgan fingerprint density at radius 3 is 2.79 bits per heavy atom. The molecule has 4 aromatic rings. The highest BCUT2D eigenvalue weighted by Crippen LogP contribution is 2.35. The van der Waals surface area contributed by atoms with Crippen molar-refractivity contribution < 1.29 is 18.8 Å². The Morgan fingerprint density at radius 1 is 1.21 bits per heavy atom. The molecule has 42 heavy (non-hydrogen) atoms. The van der Waals surface area contributed by atoms with Crippen molar-refractivity contribution in [3.63, 3.8) is 0 Å². The zero-order chi connectivity index (χ0) is 30.0. The van der Waals surface area contributed by atoms with E-state index in [0.717, 1.165) is 27.4 Å². The molecule has 1 aliphatic carbocycles. The molecule has 2 aromatic heterocycles. The van der Waals surface area contributed by atoms with Gasteiger partial charge in [-0.15, -0.1) is 4.99 Å². The number of Topliss-reactive ketones (excluding diaryl/α,β-unsaturated/α-hetero) is 1. The molecule has 0 fully saturated rings. The first-order chi connectivity index (χ1) is 20.2. The molecule has 2 amide bonds. The van der Waals surface area contributed by atoms with Crippen LogP contribution in [0, 0.1) is 24.2 Å². The molecule has 0 unspecified atom stereocenters. The minimum absolute atomic E-state index is 0.0207. The molecule has 5 N–H and O–H groups in total. The lowest BCUT2D eigenvalue weighted by atomic mass is 9.96. The molecule has 0 aliphatic heterocycles. The number of guanidine groups is 1. The monoisotopic (exact) mass is 567 g/mol. The van der Waals surface area contributed by atoms with Gasteiger partial charge in [-0.05, 0) is 61.1 Å². The molecule has 1 aliphatic rings. The molecule has 0 saturated heterocycles. The average Bonchev–Trinajstić information content (AvgIpc) is 3.55. The van der Waals surface area contributed by atoms with Crippen LogP contribution >= 0.6 is 0 Å². The largest absolute Gasteiger partial charge is 0.369 e. The molecule has 5 rings (SSSR count). The van der Waals surface area contributed by atoms with Crippen LogP contribution in [0.15, 0.2) is 53.7 Å². The van der Waals surface area contributed by atoms with Crippen LogP contribution in [0.2, 0.25) is 0 Å². The number of hydrogen-bond acceptors (Lipinski definition) is 7. The van der Waals surface area contributed by atoms with Crippen molar-refractivity contribution in [3.05, 3.63) is 93.7 Å². The fourth-order valence-electron chi connectivity index (χ4n) is 5.12. The van der Waals surface area contributed by atoms with Gasteiger partial charge in [-0.2, -0.15) is 10.4 Å². The number of fused-ring (bicyclic) bond motifs is 2. The Morgan fingerprint density at radius 2 is 2.02 bits per heavy atom. The van der Waals surface area contributed by atoms with E-state index in [2.05, 4.69) is 31.0 Å². The van der Waals surface area contributed by atoms with Gasteiger partial charge in [0.25, 0.3) is 11.8 Å². The third kappa shape index (κ3) is 5.50. The van der Waals surface area contributed by atoms with E-state index in [1.807, 2.05) is 13.0 Å². The molecule has 1 atom stereocenters. The van der Waals surface area contributed by atoms with Crippen LogP contribution in [0.1, 0.15) is 73.0 Å². The molecule has 212 valence electrons. The molecule has 12 nitrogen and oxygen atoms in total. The van der Waals surface area contributed by atoms with Gasteiger partial charge >= 0.3 is 0 Å². The molecule has 2 aromatic carbocycles. The quantitative estimate of drug-likeness (QED) is 0.114. The van der Waals surface area contributed by atoms with E-state index in [4.69, 9.17) is 11.0 Å². The first kappa shape index (κ1) is 27.9. The number of aromatic nitrogens is 3. The third-order valence-corrected chi connectivity index (χ3v) is 7.09. The summed E-state index contributed by atoms with van der Waals surface area (Å²) in [6.45, 7) is 3.50. The molecule has 0 saturated carbocycles. The van der Waals surface area contributed by atoms with Gasteiger partial charge in [-0.1, -0.05) is 24.3 Å². The number of carbonyl (C=O) groups excluding carboxylic acids is 3. The van der Waals surface area contributed by atoms with Crippen LogP contribution < -0.4 is 21.7 Å². The van der Waals surface area contributed by atoms with E-state index in [-0.39, 0.29) is 41.4 Å². The van der Waals surface area contributed by atoms with Gasteiger partial charge in [-0.25, -0.2) is 13.9 Å². The number of aliphatic imine (C=N–C) groups is 1. The molecule has 0 radical (unpaired) electrons. The highest BCUT2D eigenvalue weighted by Gasteiger charge is 2.29. The Labute approximate surface area is 239 Å². The molecule has 0 bridgehead atoms. The smallest absolute Gasteiger partial charge is 0.270 e. The first-order valence-corrected chi connectivity index (χ1v) is 13.0. The Hall–Kier alpha value is -5.64. The lowest BCUT2D eigenvalue weighted by Crippen LogP contribution is -2.30. The van der Waals surface area contributed by atoms with Crippen LogP contribution in [0.5, 0.6) is 0 Å². The highest BCUT2D eigenvalue weighted by atomic mass is 19.1. The summed E-state index contributed by atoms with van der Waals surface area (Å²) in [4.78, 5) is 46.0. The summed E-state index contributed by atoms with van der Waals surface area (Å²) in [5.41, 5.74) is 9.86. The van der Waals surface area contributed by atoms with Gasteiger partial charge in [0.1, 0.15) is 11.4 Å². The van der Waals surface area contributed by atoms with Crippen LogP contribution in [0.3, 0.4) is 0 Å². The van der Waals surface area contributed by atoms with Gasteiger partial charge in [0.15, 0.2) is 17.2 Å². The minimum Gasteiger partial charge on any atom is -0.369 e. The summed E-state index contributed by atoms with van der Waals surface area (Å²) in [6.07, 6.45) is 3.83. The fourth-order valence-corrected chi connectivity index (χ4v) is 5.12. The van der Waals surface area contributed by atoms with E-state index in [9.17, 15) is 18.8 Å². The third-order valence-electron chi connectivity index (χ3n) is 7.09. The van der Waals surface area contributed by atoms with Crippen LogP contribution in [0.4, 0.5) is 10.1 Å². The van der Waals surface area contributed by atoms with E-state index in [1.165, 1.54) is 13.0 Å². The predicted molar refractivity (Wildman–Crippen MR) is 151 cm³/mol. The topological polar surface area (TPSA) is 180 Å². The number of ketones is 1. The molecule has 2 heterocycles. The second-order valence-corrected chi connectivity index (χ2v) is 9.79. The highest BCUT2D eigenvalue weighted by molar-refractivity contribution is 5.99. The number of halogens is 1. The van der Waals surface area contributed by atoms with Gasteiger partial charge in [0, 0.05) is 23.9 Å². The molecular weight excluding hydrogens is 541 g/mol. The number of nitriles is 1. The summed E-state index contributed by atoms with van der Waals surface area (Å²) in [5.74, 6) is -2.07. The van der Waals surface area contributed by atoms with Crippen molar-refractivity contribution >= 4 is 34.9 Å². The van der Waals surface area contributed by atoms with Crippen molar-refractivity contribution in [2.24, 2.45) is 10.7 Å². The van der Waals surface area contributed by atoms with E-state index >= 15 is 0 Å². The van der Waals surface area contributed by atoms with Gasteiger partial charge in [0.2, 0.25) is 12.2 Å². The van der Waals surface area contributed by atoms with Crippen molar-refractivity contribution in [1.29, 1.82) is 5.26 Å². The van der Waals surface area contributed by atoms with Crippen LogP contribution in [0.25, 0.3) is 5.65 Å². The summed E-state index contributed by atoms with van der Waals surface area (Å²) in [5, 5.41) is 21.0. The van der Waals surface area contributed by atoms with E-state index in [1.54, 1.807) is 36.5 Å². The number of anilines is 1. The maximum Gasteiger partial charge on any atom is 0.270 e. The number of rotatable bonds is 7. The molecular formula is C29H26FN9O3. The summed E-state index contributed by atoms with van der Waals surface area (Å²) >= 11 is 0. The van der Waals surface area contributed by atoms with Crippen LogP contribution in [-0.2, 0) is 13.0 Å². The van der Waals surface area contributed by atoms with Crippen molar-refractivity contribution in [3.8, 4) is 6.19 Å². The maximum atomic E-state index is 14.6. The zero-order valence-electron chi connectivity index (χ0n) is 22.7. The second-order valence-electron chi connectivity index (χ2n) is 9.79. The normalized spacial score (nSPS) is 14.2. The van der Waals surface area contributed by atoms with Crippen molar-refractivity contribution in [1.82, 2.24) is 25.2 Å². The lowest BCUT2D eigenvalue weighted by molar-refractivity contribution is 0.0927. The first-order valence-electron chi connectivity index (χ1n) is 13.0. The zero-order valence-corrected chi connectivity index (χ0v) is 22.7. The Kier molecular flexibility index (Phi) is 7.61. The summed E-state index contributed by atoms with van der Waals surface area (Å²) < 4.78 is 15.6. The standard InChI is InChI=1S/C29H26FN9O3/c1-15-19(16(2)40)6-7-21-20(15)8-9-23(21)38-28(42)25-11-24(37-26-22(30)13-35-39(25)26)27(41)33-12-17-4-3-5-18(10-17)36-29(32)34-14-31/h3-7,10-11,13,23H,8-9,12H2,1-2H3,(H,33,41)(H,38,42)(H3,32,34,36)/t23-/m0/s1. The predicted octanol–water partition coefficient (Wildman–Crippen LogP) is 2.93. The fraction of sp³-hybridized carbons (Fsp3) is 0.207. The number of benzene rings is 2. The SMILES string of the molecule is CC(=O)c1ccc2c(c1C)CC[C@@H]2NC(=O)c1cc(C(=O)NCc2cccc(N/C(N)=N/C#N)c2)nc2c(F)cnn12. The number of hydrogen-bond donors (Lipinski definition) is 4. The van der Waals surface area contributed by atoms with E-state index < -0.39 is 17.6 Å². The summed E-state index contributed by atoms with van der Waals surface area (Å²) in [7, 11) is 0. The van der Waals surface area contributed by atoms with Crippen molar-refractivity contribution in [2.45, 2.75) is 39.3 Å². The molecule has 13 heteroatoms. The average molecular weight is 568 g/mol. The number of nitrogens with one attached hydrogen (secondary N) is 3. The number of nitrogens with two attached hydrogens (primary N) is 1. The number of amides is 2. The van der Waals surface area contributed by atoms with Gasteiger partial charge < -0.3 is 21.7 Å². The van der Waals surface area contributed by atoms with Gasteiger partial charge in [0.05, 0.1) is 12.2 Å². The van der Waals surface area contributed by atoms with Gasteiger partial charge in [-0.3, -0.25) is 14.4 Å². The Balaban J connectivity index is 1.36. The van der Waals surface area contributed by atoms with Crippen molar-refractivity contribution in [2.75, 3.05) is 5.32 Å². The molecule has 0 spiro atoms. The summed E-state index contributed by atoms with van der Waals surface area (Å²) in [6, 6.07) is 11.4. The van der Waals surface area contributed by atoms with E-state index in [0.29, 0.717) is 29.7 Å². The van der Waals surface area contributed by atoms with Crippen LogP contribution in [-0.4, -0.2) is 38.2 Å².